The number of ether oxygens (including phenoxy) is 1. The summed E-state index contributed by atoms with van der Waals surface area (Å²) in [5, 5.41) is 7.21. The molecule has 1 saturated heterocycles. The van der Waals surface area contributed by atoms with E-state index >= 15 is 0 Å². The summed E-state index contributed by atoms with van der Waals surface area (Å²) in [6, 6.07) is 17.2. The third kappa shape index (κ3) is 1.09. The molecule has 4 bridgehead atoms. The van der Waals surface area contributed by atoms with Gasteiger partial charge in [-0.2, -0.15) is 0 Å². The molecule has 4 atom stereocenters. The first-order valence-corrected chi connectivity index (χ1v) is 7.53. The lowest BCUT2D eigenvalue weighted by Gasteiger charge is -2.52. The molecule has 2 N–H and O–H groups in total. The van der Waals surface area contributed by atoms with Crippen LogP contribution in [0.5, 0.6) is 0 Å². The minimum absolute atomic E-state index is 0.00134. The maximum atomic E-state index is 6.36. The third-order valence-corrected chi connectivity index (χ3v) is 5.95. The Morgan fingerprint density at radius 1 is 0.762 bits per heavy atom. The fourth-order valence-corrected chi connectivity index (χ4v) is 4.56. The average Bonchev–Trinajstić information content (AvgIpc) is 2.63. The van der Waals surface area contributed by atoms with Crippen molar-refractivity contribution in [1.29, 1.82) is 0 Å². The van der Waals surface area contributed by atoms with Crippen molar-refractivity contribution in [3.63, 3.8) is 0 Å². The van der Waals surface area contributed by atoms with E-state index in [1.54, 1.807) is 0 Å². The zero-order chi connectivity index (χ0) is 14.2. The molecular weight excluding hydrogens is 260 g/mol. The van der Waals surface area contributed by atoms with Crippen LogP contribution in [0.2, 0.25) is 0 Å². The summed E-state index contributed by atoms with van der Waals surface area (Å²) in [7, 11) is 0. The molecule has 3 nitrogen and oxygen atoms in total. The zero-order valence-corrected chi connectivity index (χ0v) is 12.2. The first kappa shape index (κ1) is 11.6. The van der Waals surface area contributed by atoms with E-state index in [2.05, 4.69) is 73.0 Å². The van der Waals surface area contributed by atoms with Gasteiger partial charge in [-0.1, -0.05) is 50.2 Å². The molecule has 3 aliphatic rings. The SMILES string of the molecule is C[C@@]12c3ccccc3N[C@H]3O[C@@H]1Nc1ccccc1[C@]32C. The Morgan fingerprint density at radius 3 is 1.67 bits per heavy atom. The first-order valence-electron chi connectivity index (χ1n) is 7.53. The van der Waals surface area contributed by atoms with Crippen LogP contribution in [0, 0.1) is 0 Å². The molecule has 21 heavy (non-hydrogen) atoms. The number of fused-ring (bicyclic) bond motifs is 2. The molecule has 2 aromatic carbocycles. The zero-order valence-electron chi connectivity index (χ0n) is 12.2. The van der Waals surface area contributed by atoms with Crippen LogP contribution in [0.1, 0.15) is 25.0 Å². The molecule has 0 aliphatic carbocycles. The third-order valence-electron chi connectivity index (χ3n) is 5.95. The van der Waals surface area contributed by atoms with E-state index in [4.69, 9.17) is 4.74 Å². The van der Waals surface area contributed by atoms with Gasteiger partial charge in [-0.05, 0) is 23.3 Å². The maximum absolute atomic E-state index is 6.36. The number of benzene rings is 2. The fourth-order valence-electron chi connectivity index (χ4n) is 4.56. The van der Waals surface area contributed by atoms with Crippen molar-refractivity contribution >= 4 is 11.4 Å². The van der Waals surface area contributed by atoms with Gasteiger partial charge in [-0.15, -0.1) is 0 Å². The quantitative estimate of drug-likeness (QED) is 0.774. The van der Waals surface area contributed by atoms with E-state index in [1.807, 2.05) is 0 Å². The van der Waals surface area contributed by atoms with Crippen LogP contribution in [-0.4, -0.2) is 12.5 Å². The topological polar surface area (TPSA) is 33.3 Å². The Labute approximate surface area is 124 Å². The maximum Gasteiger partial charge on any atom is 0.140 e. The molecule has 0 unspecified atom stereocenters. The van der Waals surface area contributed by atoms with E-state index in [1.165, 1.54) is 22.5 Å². The molecule has 0 aromatic heterocycles. The Bertz CT molecular complexity index is 695. The van der Waals surface area contributed by atoms with Crippen molar-refractivity contribution in [2.75, 3.05) is 10.6 Å². The number of hydrogen-bond acceptors (Lipinski definition) is 3. The van der Waals surface area contributed by atoms with Crippen LogP contribution in [0.15, 0.2) is 48.5 Å². The van der Waals surface area contributed by atoms with Crippen molar-refractivity contribution in [2.24, 2.45) is 0 Å². The molecule has 1 fully saturated rings. The number of nitrogens with one attached hydrogen (secondary N) is 2. The van der Waals surface area contributed by atoms with Gasteiger partial charge in [-0.25, -0.2) is 0 Å². The fraction of sp³-hybridized carbons (Fsp3) is 0.333. The number of rotatable bonds is 0. The van der Waals surface area contributed by atoms with Crippen LogP contribution in [0.4, 0.5) is 11.4 Å². The summed E-state index contributed by atoms with van der Waals surface area (Å²) in [5.41, 5.74) is 4.93. The summed E-state index contributed by atoms with van der Waals surface area (Å²) in [5.74, 6) is 0. The van der Waals surface area contributed by atoms with Gasteiger partial charge in [0.2, 0.25) is 0 Å². The summed E-state index contributed by atoms with van der Waals surface area (Å²) in [6.07, 6.45) is -0.00269. The Kier molecular flexibility index (Phi) is 1.90. The van der Waals surface area contributed by atoms with Crippen molar-refractivity contribution in [1.82, 2.24) is 0 Å². The van der Waals surface area contributed by atoms with Gasteiger partial charge in [0.05, 0.1) is 10.8 Å². The monoisotopic (exact) mass is 278 g/mol. The predicted molar refractivity (Wildman–Crippen MR) is 83.5 cm³/mol. The molecule has 3 heterocycles. The first-order chi connectivity index (χ1) is 10.2. The second-order valence-corrected chi connectivity index (χ2v) is 6.68. The minimum atomic E-state index is -0.0755. The van der Waals surface area contributed by atoms with E-state index in [0.717, 1.165) is 0 Å². The lowest BCUT2D eigenvalue weighted by atomic mass is 9.55. The molecule has 106 valence electrons. The van der Waals surface area contributed by atoms with Gasteiger partial charge in [0.1, 0.15) is 12.5 Å². The summed E-state index contributed by atoms with van der Waals surface area (Å²) in [4.78, 5) is 0. The van der Waals surface area contributed by atoms with Crippen molar-refractivity contribution in [2.45, 2.75) is 37.1 Å². The van der Waals surface area contributed by atoms with Crippen LogP contribution >= 0.6 is 0 Å². The number of hydrogen-bond donors (Lipinski definition) is 2. The second-order valence-electron chi connectivity index (χ2n) is 6.68. The lowest BCUT2D eigenvalue weighted by Crippen LogP contribution is -2.58. The van der Waals surface area contributed by atoms with Crippen molar-refractivity contribution in [3.05, 3.63) is 59.7 Å². The standard InChI is InChI=1S/C18H18N2O/c1-17-11-7-3-5-9-13(11)20-16-18(17,2)12-8-4-6-10-14(12)19-15(17)21-16/h3-10,15-16,19-20H,1-2H3/t15-,16-,17+,18+/m0/s1. The molecule has 0 saturated carbocycles. The highest BCUT2D eigenvalue weighted by atomic mass is 16.5. The van der Waals surface area contributed by atoms with Crippen LogP contribution < -0.4 is 10.6 Å². The van der Waals surface area contributed by atoms with Gasteiger partial charge in [0, 0.05) is 11.4 Å². The molecule has 3 heteroatoms. The van der Waals surface area contributed by atoms with Crippen molar-refractivity contribution < 1.29 is 4.74 Å². The summed E-state index contributed by atoms with van der Waals surface area (Å²) < 4.78 is 6.36. The van der Waals surface area contributed by atoms with Gasteiger partial charge in [-0.3, -0.25) is 0 Å². The Hall–Kier alpha value is -2.00. The Balaban J connectivity index is 1.86. The molecule has 2 aromatic rings. The molecule has 0 spiro atoms. The van der Waals surface area contributed by atoms with E-state index < -0.39 is 0 Å². The van der Waals surface area contributed by atoms with Crippen molar-refractivity contribution in [3.8, 4) is 0 Å². The van der Waals surface area contributed by atoms with Gasteiger partial charge in [0.25, 0.3) is 0 Å². The summed E-state index contributed by atoms with van der Waals surface area (Å²) in [6.45, 7) is 4.67. The van der Waals surface area contributed by atoms with Gasteiger partial charge >= 0.3 is 0 Å². The van der Waals surface area contributed by atoms with Crippen LogP contribution in [-0.2, 0) is 15.6 Å². The van der Waals surface area contributed by atoms with E-state index in [-0.39, 0.29) is 23.3 Å². The highest BCUT2D eigenvalue weighted by Crippen LogP contribution is 2.63. The smallest absolute Gasteiger partial charge is 0.140 e. The molecular formula is C18H18N2O. The van der Waals surface area contributed by atoms with E-state index in [9.17, 15) is 0 Å². The normalized spacial score (nSPS) is 38.0. The van der Waals surface area contributed by atoms with Gasteiger partial charge in [0.15, 0.2) is 0 Å². The average molecular weight is 278 g/mol. The highest BCUT2D eigenvalue weighted by molar-refractivity contribution is 5.71. The highest BCUT2D eigenvalue weighted by Gasteiger charge is 2.68. The molecule has 5 rings (SSSR count). The second kappa shape index (κ2) is 3.42. The minimum Gasteiger partial charge on any atom is -0.359 e. The lowest BCUT2D eigenvalue weighted by molar-refractivity contribution is 0.0617. The largest absolute Gasteiger partial charge is 0.359 e. The number of anilines is 2. The number of para-hydroxylation sites is 2. The predicted octanol–water partition coefficient (Wildman–Crippen LogP) is 3.44. The molecule has 0 radical (unpaired) electrons. The van der Waals surface area contributed by atoms with Gasteiger partial charge < -0.3 is 15.4 Å². The Morgan fingerprint density at radius 2 is 1.19 bits per heavy atom. The van der Waals surface area contributed by atoms with E-state index in [0.29, 0.717) is 0 Å². The van der Waals surface area contributed by atoms with Crippen LogP contribution in [0.25, 0.3) is 0 Å². The molecule has 0 amide bonds. The van der Waals surface area contributed by atoms with Crippen LogP contribution in [0.3, 0.4) is 0 Å². The summed E-state index contributed by atoms with van der Waals surface area (Å²) >= 11 is 0. The molecule has 3 aliphatic heterocycles.